The third-order valence-corrected chi connectivity index (χ3v) is 4.32. The van der Waals surface area contributed by atoms with E-state index >= 15 is 0 Å². The van der Waals surface area contributed by atoms with Crippen LogP contribution >= 0.6 is 0 Å². The molecule has 0 radical (unpaired) electrons. The normalized spacial score (nSPS) is 17.7. The van der Waals surface area contributed by atoms with E-state index in [4.69, 9.17) is 9.47 Å². The summed E-state index contributed by atoms with van der Waals surface area (Å²) in [5.74, 6) is -2.86. The van der Waals surface area contributed by atoms with Crippen molar-refractivity contribution < 1.29 is 27.5 Å². The molecular formula is C14H15NO6S. The van der Waals surface area contributed by atoms with Gasteiger partial charge in [-0.15, -0.1) is 0 Å². The summed E-state index contributed by atoms with van der Waals surface area (Å²) in [7, 11) is -2.23. The molecule has 0 aromatic heterocycles. The summed E-state index contributed by atoms with van der Waals surface area (Å²) >= 11 is 0. The fourth-order valence-corrected chi connectivity index (χ4v) is 2.54. The number of hydrogen-bond donors (Lipinski definition) is 1. The van der Waals surface area contributed by atoms with Crippen LogP contribution in [0.15, 0.2) is 34.7 Å². The Kier molecular flexibility index (Phi) is 4.08. The van der Waals surface area contributed by atoms with E-state index in [1.807, 2.05) is 0 Å². The van der Waals surface area contributed by atoms with Gasteiger partial charge in [0.05, 0.1) is 4.90 Å². The van der Waals surface area contributed by atoms with Crippen molar-refractivity contribution in [1.29, 1.82) is 0 Å². The summed E-state index contributed by atoms with van der Waals surface area (Å²) in [4.78, 5) is 23.7. The van der Waals surface area contributed by atoms with Crippen LogP contribution < -0.4 is 4.72 Å². The van der Waals surface area contributed by atoms with Gasteiger partial charge in [0.25, 0.3) is 5.79 Å². The van der Waals surface area contributed by atoms with Crippen LogP contribution in [0.2, 0.25) is 0 Å². The molecule has 1 aromatic carbocycles. The predicted molar refractivity (Wildman–Crippen MR) is 76.9 cm³/mol. The van der Waals surface area contributed by atoms with Gasteiger partial charge in [-0.25, -0.2) is 22.7 Å². The van der Waals surface area contributed by atoms with Crippen LogP contribution in [0.3, 0.4) is 0 Å². The predicted octanol–water partition coefficient (Wildman–Crippen LogP) is 0.814. The van der Waals surface area contributed by atoms with E-state index in [0.717, 1.165) is 0 Å². The van der Waals surface area contributed by atoms with E-state index in [1.54, 1.807) is 0 Å². The first-order valence-electron chi connectivity index (χ1n) is 6.37. The highest BCUT2D eigenvalue weighted by atomic mass is 32.2. The van der Waals surface area contributed by atoms with Gasteiger partial charge in [-0.05, 0) is 30.8 Å². The molecule has 2 rings (SSSR count). The third-order valence-electron chi connectivity index (χ3n) is 2.89. The molecule has 1 fully saturated rings. The summed E-state index contributed by atoms with van der Waals surface area (Å²) in [6, 6.07) is 5.67. The first kappa shape index (κ1) is 16.2. The van der Waals surface area contributed by atoms with Gasteiger partial charge >= 0.3 is 11.9 Å². The van der Waals surface area contributed by atoms with Gasteiger partial charge in [-0.1, -0.05) is 12.1 Å². The lowest BCUT2D eigenvalue weighted by Crippen LogP contribution is -2.41. The average Bonchev–Trinajstić information content (AvgIpc) is 2.42. The van der Waals surface area contributed by atoms with Crippen molar-refractivity contribution >= 4 is 28.0 Å². The molecule has 22 heavy (non-hydrogen) atoms. The van der Waals surface area contributed by atoms with Gasteiger partial charge in [0, 0.05) is 13.8 Å². The molecule has 118 valence electrons. The number of esters is 2. The second-order valence-electron chi connectivity index (χ2n) is 5.01. The van der Waals surface area contributed by atoms with E-state index in [9.17, 15) is 18.0 Å². The zero-order chi connectivity index (χ0) is 16.5. The maximum Gasteiger partial charge on any atom is 0.348 e. The molecule has 1 heterocycles. The first-order chi connectivity index (χ1) is 10.1. The highest BCUT2D eigenvalue weighted by molar-refractivity contribution is 7.89. The third kappa shape index (κ3) is 3.34. The van der Waals surface area contributed by atoms with Crippen LogP contribution in [0.25, 0.3) is 6.08 Å². The molecule has 1 aromatic rings. The number of cyclic esters (lactones) is 2. The number of carbonyl (C=O) groups excluding carboxylic acids is 2. The van der Waals surface area contributed by atoms with E-state index in [2.05, 4.69) is 4.72 Å². The van der Waals surface area contributed by atoms with Gasteiger partial charge in [-0.2, -0.15) is 0 Å². The van der Waals surface area contributed by atoms with E-state index < -0.39 is 27.7 Å². The molecule has 0 atom stereocenters. The second-order valence-corrected chi connectivity index (χ2v) is 6.90. The van der Waals surface area contributed by atoms with Gasteiger partial charge in [0.15, 0.2) is 0 Å². The van der Waals surface area contributed by atoms with Crippen molar-refractivity contribution in [2.75, 3.05) is 7.05 Å². The molecule has 1 saturated heterocycles. The average molecular weight is 325 g/mol. The summed E-state index contributed by atoms with van der Waals surface area (Å²) < 4.78 is 35.3. The van der Waals surface area contributed by atoms with Gasteiger partial charge in [-0.3, -0.25) is 0 Å². The highest BCUT2D eigenvalue weighted by Gasteiger charge is 2.38. The Hall–Kier alpha value is -2.19. The van der Waals surface area contributed by atoms with Crippen molar-refractivity contribution in [3.05, 3.63) is 35.4 Å². The smallest absolute Gasteiger partial charge is 0.348 e. The highest BCUT2D eigenvalue weighted by Crippen LogP contribution is 2.24. The number of benzene rings is 1. The summed E-state index contributed by atoms with van der Waals surface area (Å²) in [6.45, 7) is 2.91. The summed E-state index contributed by atoms with van der Waals surface area (Å²) in [6.07, 6.45) is 1.29. The Morgan fingerprint density at radius 2 is 1.55 bits per heavy atom. The topological polar surface area (TPSA) is 98.8 Å². The number of nitrogens with one attached hydrogen (secondary N) is 1. The minimum Gasteiger partial charge on any atom is -0.419 e. The molecular weight excluding hydrogens is 310 g/mol. The number of hydrogen-bond acceptors (Lipinski definition) is 6. The lowest BCUT2D eigenvalue weighted by atomic mass is 10.1. The Morgan fingerprint density at radius 1 is 1.05 bits per heavy atom. The summed E-state index contributed by atoms with van der Waals surface area (Å²) in [5.41, 5.74) is 0.224. The van der Waals surface area contributed by atoms with Crippen molar-refractivity contribution in [2.24, 2.45) is 0 Å². The van der Waals surface area contributed by atoms with Crippen molar-refractivity contribution in [1.82, 2.24) is 4.72 Å². The maximum atomic E-state index is 11.8. The molecule has 7 nitrogen and oxygen atoms in total. The molecule has 0 aliphatic carbocycles. The molecule has 0 unspecified atom stereocenters. The number of ether oxygens (including phenoxy) is 2. The minimum absolute atomic E-state index is 0.0760. The largest absolute Gasteiger partial charge is 0.419 e. The van der Waals surface area contributed by atoms with Crippen LogP contribution in [0.4, 0.5) is 0 Å². The Morgan fingerprint density at radius 3 is 2.00 bits per heavy atom. The second kappa shape index (κ2) is 5.54. The Balaban J connectivity index is 2.30. The fourth-order valence-electron chi connectivity index (χ4n) is 1.81. The van der Waals surface area contributed by atoms with E-state index in [1.165, 1.54) is 51.2 Å². The van der Waals surface area contributed by atoms with Crippen LogP contribution in [-0.2, 0) is 29.1 Å². The molecule has 1 aliphatic heterocycles. The maximum absolute atomic E-state index is 11.8. The lowest BCUT2D eigenvalue weighted by Gasteiger charge is -2.29. The standard InChI is InChI=1S/C14H15NO6S/c1-14(2)20-12(16)11(13(17)21-14)8-9-4-6-10(7-5-9)22(18,19)15-3/h4-8,15H,1-3H3. The number of carbonyl (C=O) groups is 2. The fraction of sp³-hybridized carbons (Fsp3) is 0.286. The van der Waals surface area contributed by atoms with E-state index in [0.29, 0.717) is 5.56 Å². The van der Waals surface area contributed by atoms with Crippen LogP contribution in [0.5, 0.6) is 0 Å². The van der Waals surface area contributed by atoms with Crippen LogP contribution in [-0.4, -0.2) is 33.2 Å². The van der Waals surface area contributed by atoms with Crippen molar-refractivity contribution in [3.63, 3.8) is 0 Å². The molecule has 8 heteroatoms. The van der Waals surface area contributed by atoms with Crippen molar-refractivity contribution in [3.8, 4) is 0 Å². The quantitative estimate of drug-likeness (QED) is 0.502. The van der Waals surface area contributed by atoms with Crippen LogP contribution in [0, 0.1) is 0 Å². The SMILES string of the molecule is CNS(=O)(=O)c1ccc(C=C2C(=O)OC(C)(C)OC2=O)cc1. The number of rotatable bonds is 3. The zero-order valence-electron chi connectivity index (χ0n) is 12.2. The lowest BCUT2D eigenvalue weighted by molar-refractivity contribution is -0.222. The van der Waals surface area contributed by atoms with Gasteiger partial charge < -0.3 is 9.47 Å². The molecule has 0 spiro atoms. The molecule has 0 saturated carbocycles. The van der Waals surface area contributed by atoms with Gasteiger partial charge in [0.1, 0.15) is 5.57 Å². The first-order valence-corrected chi connectivity index (χ1v) is 7.85. The minimum atomic E-state index is -3.54. The molecule has 1 aliphatic rings. The number of sulfonamides is 1. The van der Waals surface area contributed by atoms with Crippen molar-refractivity contribution in [2.45, 2.75) is 24.5 Å². The Bertz CT molecular complexity index is 724. The van der Waals surface area contributed by atoms with E-state index in [-0.39, 0.29) is 10.5 Å². The molecule has 1 N–H and O–H groups in total. The molecule has 0 bridgehead atoms. The Labute approximate surface area is 128 Å². The molecule has 0 amide bonds. The van der Waals surface area contributed by atoms with Crippen LogP contribution in [0.1, 0.15) is 19.4 Å². The van der Waals surface area contributed by atoms with Gasteiger partial charge in [0.2, 0.25) is 10.0 Å². The monoisotopic (exact) mass is 325 g/mol. The summed E-state index contributed by atoms with van der Waals surface area (Å²) in [5, 5.41) is 0. The zero-order valence-corrected chi connectivity index (χ0v) is 13.1.